The molecule has 0 amide bonds. The molecule has 0 aliphatic carbocycles. The van der Waals surface area contributed by atoms with Crippen LogP contribution >= 0.6 is 7.92 Å². The Bertz CT molecular complexity index is 1020. The van der Waals surface area contributed by atoms with Crippen LogP contribution < -0.4 is 15.9 Å². The maximum Gasteiger partial charge on any atom is 0.123 e. The highest BCUT2D eigenvalue weighted by atomic mass is 31.1. The van der Waals surface area contributed by atoms with Crippen molar-refractivity contribution in [3.8, 4) is 0 Å². The van der Waals surface area contributed by atoms with Gasteiger partial charge in [-0.25, -0.2) is 4.39 Å². The van der Waals surface area contributed by atoms with Gasteiger partial charge in [0.15, 0.2) is 0 Å². The van der Waals surface area contributed by atoms with Crippen LogP contribution in [0.3, 0.4) is 0 Å². The second-order valence-electron chi connectivity index (χ2n) is 6.30. The van der Waals surface area contributed by atoms with Crippen LogP contribution in [0.4, 0.5) is 10.1 Å². The van der Waals surface area contributed by atoms with E-state index in [1.54, 1.807) is 18.3 Å². The Kier molecular flexibility index (Phi) is 5.70. The van der Waals surface area contributed by atoms with Gasteiger partial charge in [0, 0.05) is 11.5 Å². The molecule has 0 saturated carbocycles. The molecule has 0 saturated heterocycles. The molecule has 0 bridgehead atoms. The maximum atomic E-state index is 13.2. The number of hydrogen-bond acceptors (Lipinski definition) is 1. The van der Waals surface area contributed by atoms with Crippen LogP contribution in [-0.2, 0) is 0 Å². The average molecular weight is 383 g/mol. The van der Waals surface area contributed by atoms with E-state index in [1.807, 2.05) is 24.3 Å². The Morgan fingerprint density at radius 1 is 0.607 bits per heavy atom. The van der Waals surface area contributed by atoms with Crippen LogP contribution in [0, 0.1) is 5.82 Å². The number of aliphatic imine (C=N–C) groups is 1. The van der Waals surface area contributed by atoms with Gasteiger partial charge in [0.25, 0.3) is 0 Å². The molecule has 1 nitrogen and oxygen atoms in total. The molecule has 0 N–H and O–H groups in total. The summed E-state index contributed by atoms with van der Waals surface area (Å²) in [5.41, 5.74) is 1.81. The Morgan fingerprint density at radius 3 is 1.75 bits per heavy atom. The third-order valence-corrected chi connectivity index (χ3v) is 6.86. The average Bonchev–Trinajstić information content (AvgIpc) is 2.76. The summed E-state index contributed by atoms with van der Waals surface area (Å²) in [7, 11) is -0.726. The highest BCUT2D eigenvalue weighted by molar-refractivity contribution is 7.80. The Morgan fingerprint density at radius 2 is 1.14 bits per heavy atom. The molecule has 0 heterocycles. The summed E-state index contributed by atoms with van der Waals surface area (Å²) in [6, 6.07) is 35.8. The molecule has 0 fully saturated rings. The monoisotopic (exact) mass is 383 g/mol. The molecule has 0 radical (unpaired) electrons. The molecule has 4 rings (SSSR count). The van der Waals surface area contributed by atoms with Crippen molar-refractivity contribution in [3.63, 3.8) is 0 Å². The van der Waals surface area contributed by atoms with E-state index in [0.717, 1.165) is 11.3 Å². The molecule has 0 atom stereocenters. The van der Waals surface area contributed by atoms with Crippen LogP contribution in [0.15, 0.2) is 114 Å². The topological polar surface area (TPSA) is 12.4 Å². The van der Waals surface area contributed by atoms with Gasteiger partial charge in [0.05, 0.1) is 5.69 Å². The fourth-order valence-electron chi connectivity index (χ4n) is 3.04. The Hall–Kier alpha value is -3.09. The van der Waals surface area contributed by atoms with Crippen molar-refractivity contribution in [2.24, 2.45) is 4.99 Å². The third-order valence-electron chi connectivity index (χ3n) is 4.37. The maximum absolute atomic E-state index is 13.2. The van der Waals surface area contributed by atoms with Gasteiger partial charge in [0.2, 0.25) is 0 Å². The van der Waals surface area contributed by atoms with E-state index in [9.17, 15) is 4.39 Å². The fraction of sp³-hybridized carbons (Fsp3) is 0. The minimum Gasteiger partial charge on any atom is -0.256 e. The van der Waals surface area contributed by atoms with Crippen molar-refractivity contribution in [2.45, 2.75) is 0 Å². The molecule has 0 unspecified atom stereocenters. The third kappa shape index (κ3) is 4.24. The first-order chi connectivity index (χ1) is 13.8. The van der Waals surface area contributed by atoms with E-state index in [4.69, 9.17) is 4.99 Å². The molecule has 28 heavy (non-hydrogen) atoms. The van der Waals surface area contributed by atoms with Crippen molar-refractivity contribution in [1.82, 2.24) is 0 Å². The number of para-hydroxylation sites is 1. The van der Waals surface area contributed by atoms with Gasteiger partial charge in [-0.2, -0.15) is 0 Å². The smallest absolute Gasteiger partial charge is 0.123 e. The van der Waals surface area contributed by atoms with E-state index < -0.39 is 7.92 Å². The normalized spacial score (nSPS) is 11.2. The summed E-state index contributed by atoms with van der Waals surface area (Å²) in [6.45, 7) is 0. The zero-order valence-corrected chi connectivity index (χ0v) is 16.1. The number of benzene rings is 4. The number of halogens is 1. The summed E-state index contributed by atoms with van der Waals surface area (Å²) in [5.74, 6) is -0.241. The number of hydrogen-bond donors (Lipinski definition) is 0. The van der Waals surface area contributed by atoms with Crippen LogP contribution in [-0.4, -0.2) is 6.21 Å². The Balaban J connectivity index is 1.78. The summed E-state index contributed by atoms with van der Waals surface area (Å²) in [4.78, 5) is 4.75. The Labute approximate surface area is 166 Å². The highest BCUT2D eigenvalue weighted by Gasteiger charge is 2.18. The predicted octanol–water partition coefficient (Wildman–Crippen LogP) is 5.33. The predicted molar refractivity (Wildman–Crippen MR) is 119 cm³/mol. The van der Waals surface area contributed by atoms with E-state index in [1.165, 1.54) is 28.0 Å². The second-order valence-corrected chi connectivity index (χ2v) is 8.49. The van der Waals surface area contributed by atoms with Crippen molar-refractivity contribution >= 4 is 35.7 Å². The van der Waals surface area contributed by atoms with Crippen molar-refractivity contribution in [3.05, 3.63) is 121 Å². The summed E-state index contributed by atoms with van der Waals surface area (Å²) in [6.07, 6.45) is 1.79. The van der Waals surface area contributed by atoms with Crippen molar-refractivity contribution in [2.75, 3.05) is 0 Å². The summed E-state index contributed by atoms with van der Waals surface area (Å²) in [5, 5.41) is 3.77. The van der Waals surface area contributed by atoms with Gasteiger partial charge >= 0.3 is 0 Å². The molecule has 4 aromatic rings. The zero-order chi connectivity index (χ0) is 19.2. The van der Waals surface area contributed by atoms with Gasteiger partial charge in [-0.15, -0.1) is 0 Å². The second kappa shape index (κ2) is 8.73. The molecule has 0 aliphatic rings. The minimum atomic E-state index is -0.726. The van der Waals surface area contributed by atoms with Gasteiger partial charge in [-0.3, -0.25) is 4.99 Å². The van der Waals surface area contributed by atoms with E-state index in [-0.39, 0.29) is 5.82 Å². The lowest BCUT2D eigenvalue weighted by Gasteiger charge is -2.20. The van der Waals surface area contributed by atoms with Gasteiger partial charge in [-0.05, 0) is 42.3 Å². The molecule has 0 aromatic heterocycles. The lowest BCUT2D eigenvalue weighted by Crippen LogP contribution is -2.20. The van der Waals surface area contributed by atoms with Crippen molar-refractivity contribution in [1.29, 1.82) is 0 Å². The lowest BCUT2D eigenvalue weighted by atomic mass is 10.2. The van der Waals surface area contributed by atoms with Crippen LogP contribution in [0.25, 0.3) is 0 Å². The first kappa shape index (κ1) is 18.3. The largest absolute Gasteiger partial charge is 0.256 e. The molecular weight excluding hydrogens is 364 g/mol. The van der Waals surface area contributed by atoms with Crippen molar-refractivity contribution < 1.29 is 4.39 Å². The summed E-state index contributed by atoms with van der Waals surface area (Å²) >= 11 is 0. The molecular formula is C25H19FNP. The van der Waals surface area contributed by atoms with Crippen LogP contribution in [0.1, 0.15) is 5.56 Å². The lowest BCUT2D eigenvalue weighted by molar-refractivity contribution is 0.628. The minimum absolute atomic E-state index is 0.241. The van der Waals surface area contributed by atoms with Crippen LogP contribution in [0.5, 0.6) is 0 Å². The number of nitrogens with zero attached hydrogens (tertiary/aromatic N) is 1. The fourth-order valence-corrected chi connectivity index (χ4v) is 5.43. The summed E-state index contributed by atoms with van der Waals surface area (Å²) < 4.78 is 13.2. The SMILES string of the molecule is Fc1ccc(C=Nc2ccccc2P(c2ccccc2)c2ccccc2)cc1. The zero-order valence-electron chi connectivity index (χ0n) is 15.2. The standard InChI is InChI=1S/C25H19FNP/c26-21-17-15-20(16-18-21)19-27-24-13-7-8-14-25(24)28(22-9-3-1-4-10-22)23-11-5-2-6-12-23/h1-19H. The quantitative estimate of drug-likeness (QED) is 0.326. The number of rotatable bonds is 5. The van der Waals surface area contributed by atoms with Gasteiger partial charge in [-0.1, -0.05) is 91.0 Å². The van der Waals surface area contributed by atoms with E-state index in [0.29, 0.717) is 0 Å². The molecule has 136 valence electrons. The first-order valence-corrected chi connectivity index (χ1v) is 10.4. The van der Waals surface area contributed by atoms with E-state index in [2.05, 4.69) is 60.7 Å². The first-order valence-electron chi connectivity index (χ1n) is 9.10. The van der Waals surface area contributed by atoms with Gasteiger partial charge in [0.1, 0.15) is 5.82 Å². The highest BCUT2D eigenvalue weighted by Crippen LogP contribution is 2.36. The molecule has 3 heteroatoms. The molecule has 0 aliphatic heterocycles. The van der Waals surface area contributed by atoms with Gasteiger partial charge < -0.3 is 0 Å². The van der Waals surface area contributed by atoms with E-state index >= 15 is 0 Å². The van der Waals surface area contributed by atoms with Crippen LogP contribution in [0.2, 0.25) is 0 Å². The molecule has 0 spiro atoms. The molecule has 4 aromatic carbocycles.